The van der Waals surface area contributed by atoms with Gasteiger partial charge in [-0.05, 0) is 6.42 Å². The highest BCUT2D eigenvalue weighted by molar-refractivity contribution is 7.99. The molecule has 0 aliphatic heterocycles. The Labute approximate surface area is 91.6 Å². The van der Waals surface area contributed by atoms with Gasteiger partial charge in [0.15, 0.2) is 5.16 Å². The van der Waals surface area contributed by atoms with Gasteiger partial charge in [0.25, 0.3) is 0 Å². The number of aryl methyl sites for hydroxylation is 1. The molecule has 0 spiro atoms. The fourth-order valence-corrected chi connectivity index (χ4v) is 1.68. The smallest absolute Gasteiger partial charge is 0.313 e. The molecule has 0 saturated carbocycles. The van der Waals surface area contributed by atoms with Crippen molar-refractivity contribution in [3.8, 4) is 0 Å². The first-order valence-corrected chi connectivity index (χ1v) is 5.44. The molecule has 6 nitrogen and oxygen atoms in total. The summed E-state index contributed by atoms with van der Waals surface area (Å²) < 4.78 is 6.75. The van der Waals surface area contributed by atoms with Crippen molar-refractivity contribution in [1.29, 1.82) is 0 Å². The van der Waals surface area contributed by atoms with Crippen LogP contribution in [0.3, 0.4) is 0 Å². The summed E-state index contributed by atoms with van der Waals surface area (Å²) in [5, 5.41) is 16.7. The molecule has 1 aromatic rings. The van der Waals surface area contributed by atoms with Gasteiger partial charge in [-0.25, -0.2) is 0 Å². The number of aromatic nitrogens is 3. The number of carbonyl (C=O) groups is 1. The third kappa shape index (κ3) is 4.30. The van der Waals surface area contributed by atoms with Crippen molar-refractivity contribution in [2.24, 2.45) is 0 Å². The monoisotopic (exact) mass is 231 g/mol. The number of hydrogen-bond donors (Lipinski definition) is 1. The number of ether oxygens (including phenoxy) is 1. The molecule has 1 N–H and O–H groups in total. The fourth-order valence-electron chi connectivity index (χ4n) is 1.02. The topological polar surface area (TPSA) is 77.2 Å². The molecule has 0 atom stereocenters. The van der Waals surface area contributed by atoms with Crippen molar-refractivity contribution in [3.05, 3.63) is 6.33 Å². The van der Waals surface area contributed by atoms with Crippen LogP contribution in [0.1, 0.15) is 6.42 Å². The first kappa shape index (κ1) is 12.0. The van der Waals surface area contributed by atoms with Gasteiger partial charge < -0.3 is 14.4 Å². The number of methoxy groups -OCH3 is 1. The summed E-state index contributed by atoms with van der Waals surface area (Å²) in [5.74, 6) is -0.852. The molecule has 0 aliphatic rings. The van der Waals surface area contributed by atoms with E-state index in [1.165, 1.54) is 11.8 Å². The zero-order valence-electron chi connectivity index (χ0n) is 8.42. The van der Waals surface area contributed by atoms with E-state index in [4.69, 9.17) is 9.84 Å². The zero-order valence-corrected chi connectivity index (χ0v) is 9.24. The summed E-state index contributed by atoms with van der Waals surface area (Å²) >= 11 is 1.17. The molecule has 7 heteroatoms. The minimum Gasteiger partial charge on any atom is -0.481 e. The molecular weight excluding hydrogens is 218 g/mol. The summed E-state index contributed by atoms with van der Waals surface area (Å²) in [5.41, 5.74) is 0. The van der Waals surface area contributed by atoms with E-state index in [0.29, 0.717) is 11.8 Å². The summed E-state index contributed by atoms with van der Waals surface area (Å²) in [6.45, 7) is 1.41. The maximum absolute atomic E-state index is 10.4. The van der Waals surface area contributed by atoms with Crippen molar-refractivity contribution in [3.63, 3.8) is 0 Å². The van der Waals surface area contributed by atoms with Gasteiger partial charge in [-0.1, -0.05) is 11.8 Å². The van der Waals surface area contributed by atoms with Crippen molar-refractivity contribution in [2.75, 3.05) is 19.5 Å². The van der Waals surface area contributed by atoms with E-state index in [2.05, 4.69) is 10.2 Å². The van der Waals surface area contributed by atoms with E-state index < -0.39 is 5.97 Å². The lowest BCUT2D eigenvalue weighted by Crippen LogP contribution is -2.04. The maximum Gasteiger partial charge on any atom is 0.313 e. The normalized spacial score (nSPS) is 10.5. The van der Waals surface area contributed by atoms with Gasteiger partial charge in [-0.3, -0.25) is 4.79 Å². The van der Waals surface area contributed by atoms with E-state index in [1.807, 2.05) is 4.57 Å². The fraction of sp³-hybridized carbons (Fsp3) is 0.625. The van der Waals surface area contributed by atoms with Crippen LogP contribution in [-0.2, 0) is 16.1 Å². The Kier molecular flexibility index (Phi) is 5.13. The van der Waals surface area contributed by atoms with Crippen molar-refractivity contribution in [2.45, 2.75) is 18.1 Å². The van der Waals surface area contributed by atoms with Crippen LogP contribution in [0, 0.1) is 0 Å². The summed E-state index contributed by atoms with van der Waals surface area (Å²) in [4.78, 5) is 10.4. The second kappa shape index (κ2) is 6.41. The molecule has 0 unspecified atom stereocenters. The molecule has 1 heterocycles. The molecule has 0 radical (unpaired) electrons. The molecule has 0 aliphatic carbocycles. The number of hydrogen-bond acceptors (Lipinski definition) is 5. The van der Waals surface area contributed by atoms with E-state index in [-0.39, 0.29) is 5.75 Å². The molecule has 1 rings (SSSR count). The Morgan fingerprint density at radius 3 is 3.20 bits per heavy atom. The number of thioether (sulfide) groups is 1. The average Bonchev–Trinajstić information content (AvgIpc) is 2.63. The molecule has 1 aromatic heterocycles. The van der Waals surface area contributed by atoms with Crippen LogP contribution < -0.4 is 0 Å². The van der Waals surface area contributed by atoms with Crippen LogP contribution in [0.25, 0.3) is 0 Å². The summed E-state index contributed by atoms with van der Waals surface area (Å²) in [7, 11) is 1.65. The van der Waals surface area contributed by atoms with E-state index >= 15 is 0 Å². The Morgan fingerprint density at radius 1 is 1.73 bits per heavy atom. The Hall–Kier alpha value is -1.08. The highest BCUT2D eigenvalue weighted by Gasteiger charge is 2.06. The number of nitrogens with zero attached hydrogens (tertiary/aromatic N) is 3. The molecule has 0 saturated heterocycles. The predicted octanol–water partition coefficient (Wildman–Crippen LogP) is 0.491. The van der Waals surface area contributed by atoms with Gasteiger partial charge >= 0.3 is 5.97 Å². The highest BCUT2D eigenvalue weighted by atomic mass is 32.2. The van der Waals surface area contributed by atoms with Gasteiger partial charge in [0, 0.05) is 20.3 Å². The number of rotatable bonds is 7. The maximum atomic E-state index is 10.4. The second-order valence-electron chi connectivity index (χ2n) is 2.84. The third-order valence-electron chi connectivity index (χ3n) is 1.65. The van der Waals surface area contributed by atoms with Gasteiger partial charge in [0.2, 0.25) is 0 Å². The molecule has 0 fully saturated rings. The first-order valence-electron chi connectivity index (χ1n) is 4.45. The average molecular weight is 231 g/mol. The molecular formula is C8H13N3O3S. The number of carboxylic acid groups (broad SMARTS) is 1. The minimum atomic E-state index is -0.855. The largest absolute Gasteiger partial charge is 0.481 e. The lowest BCUT2D eigenvalue weighted by molar-refractivity contribution is -0.133. The van der Waals surface area contributed by atoms with Gasteiger partial charge in [0.05, 0.1) is 5.75 Å². The van der Waals surface area contributed by atoms with Gasteiger partial charge in [-0.2, -0.15) is 0 Å². The van der Waals surface area contributed by atoms with Crippen LogP contribution in [0.4, 0.5) is 0 Å². The minimum absolute atomic E-state index is 0.00295. The molecule has 0 bridgehead atoms. The highest BCUT2D eigenvalue weighted by Crippen LogP contribution is 2.14. The summed E-state index contributed by atoms with van der Waals surface area (Å²) in [6.07, 6.45) is 2.45. The lowest BCUT2D eigenvalue weighted by Gasteiger charge is -2.04. The third-order valence-corrected chi connectivity index (χ3v) is 2.62. The predicted molar refractivity (Wildman–Crippen MR) is 54.9 cm³/mol. The van der Waals surface area contributed by atoms with Crippen LogP contribution >= 0.6 is 11.8 Å². The molecule has 0 amide bonds. The second-order valence-corrected chi connectivity index (χ2v) is 3.78. The first-order chi connectivity index (χ1) is 7.24. The van der Waals surface area contributed by atoms with E-state index in [0.717, 1.165) is 13.0 Å². The van der Waals surface area contributed by atoms with Crippen molar-refractivity contribution >= 4 is 17.7 Å². The molecule has 15 heavy (non-hydrogen) atoms. The van der Waals surface area contributed by atoms with Crippen molar-refractivity contribution in [1.82, 2.24) is 14.8 Å². The number of aliphatic carboxylic acids is 1. The Morgan fingerprint density at radius 2 is 2.53 bits per heavy atom. The Bertz CT molecular complexity index is 316. The van der Waals surface area contributed by atoms with Crippen LogP contribution in [0.2, 0.25) is 0 Å². The van der Waals surface area contributed by atoms with E-state index in [1.54, 1.807) is 13.4 Å². The quantitative estimate of drug-likeness (QED) is 0.543. The van der Waals surface area contributed by atoms with Crippen LogP contribution in [0.15, 0.2) is 11.5 Å². The van der Waals surface area contributed by atoms with Crippen LogP contribution in [0.5, 0.6) is 0 Å². The zero-order chi connectivity index (χ0) is 11.1. The summed E-state index contributed by atoms with van der Waals surface area (Å²) in [6, 6.07) is 0. The Balaban J connectivity index is 2.42. The van der Waals surface area contributed by atoms with Crippen molar-refractivity contribution < 1.29 is 14.6 Å². The number of carboxylic acids is 1. The van der Waals surface area contributed by atoms with Gasteiger partial charge in [0.1, 0.15) is 6.33 Å². The molecule has 84 valence electrons. The van der Waals surface area contributed by atoms with E-state index in [9.17, 15) is 4.79 Å². The van der Waals surface area contributed by atoms with Gasteiger partial charge in [-0.15, -0.1) is 10.2 Å². The lowest BCUT2D eigenvalue weighted by atomic mass is 10.4. The van der Waals surface area contributed by atoms with Crippen LogP contribution in [-0.4, -0.2) is 45.3 Å². The standard InChI is InChI=1S/C8H13N3O3S/c1-14-4-2-3-11-6-9-10-8(11)15-5-7(12)13/h6H,2-5H2,1H3,(H,12,13). The molecule has 0 aromatic carbocycles. The SMILES string of the molecule is COCCCn1cnnc1SCC(=O)O.